The normalized spacial score (nSPS) is 24.5. The highest BCUT2D eigenvalue weighted by atomic mass is 32.2. The smallest absolute Gasteiger partial charge is 0.411 e. The lowest BCUT2D eigenvalue weighted by Gasteiger charge is -2.31. The van der Waals surface area contributed by atoms with Crippen molar-refractivity contribution < 1.29 is 27.9 Å². The van der Waals surface area contributed by atoms with E-state index in [0.29, 0.717) is 37.3 Å². The summed E-state index contributed by atoms with van der Waals surface area (Å²) in [5.41, 5.74) is 1.32. The van der Waals surface area contributed by atoms with Crippen molar-refractivity contribution in [3.05, 3.63) is 53.3 Å². The van der Waals surface area contributed by atoms with Crippen molar-refractivity contribution in [3.63, 3.8) is 0 Å². The maximum absolute atomic E-state index is 13.4. The predicted octanol–water partition coefficient (Wildman–Crippen LogP) is 1.68. The monoisotopic (exact) mass is 489 g/mol. The molecule has 34 heavy (non-hydrogen) atoms. The number of hydrogen-bond donors (Lipinski definition) is 1. The molecule has 0 spiro atoms. The van der Waals surface area contributed by atoms with Gasteiger partial charge in [-0.15, -0.1) is 0 Å². The first kappa shape index (κ1) is 24.6. The summed E-state index contributed by atoms with van der Waals surface area (Å²) in [7, 11) is -1.96. The summed E-state index contributed by atoms with van der Waals surface area (Å²) < 4.78 is 33.1. The summed E-state index contributed by atoms with van der Waals surface area (Å²) in [6.07, 6.45) is 2.85. The van der Waals surface area contributed by atoms with E-state index >= 15 is 0 Å². The summed E-state index contributed by atoms with van der Waals surface area (Å²) in [5.74, 6) is -0.0708. The molecule has 184 valence electrons. The van der Waals surface area contributed by atoms with Crippen LogP contribution in [0.3, 0.4) is 0 Å². The Kier molecular flexibility index (Phi) is 7.22. The van der Waals surface area contributed by atoms with Crippen molar-refractivity contribution >= 4 is 21.9 Å². The fourth-order valence-corrected chi connectivity index (χ4v) is 6.08. The number of piperazine rings is 1. The number of carbonyl (C=O) groups excluding carboxylic acids is 2. The summed E-state index contributed by atoms with van der Waals surface area (Å²) >= 11 is 0. The van der Waals surface area contributed by atoms with Gasteiger partial charge in [0.15, 0.2) is 5.78 Å². The van der Waals surface area contributed by atoms with Crippen molar-refractivity contribution in [1.82, 2.24) is 14.1 Å². The average molecular weight is 490 g/mol. The van der Waals surface area contributed by atoms with Crippen LogP contribution in [0.5, 0.6) is 0 Å². The Morgan fingerprint density at radius 2 is 1.76 bits per heavy atom. The number of amides is 1. The van der Waals surface area contributed by atoms with Crippen molar-refractivity contribution in [2.24, 2.45) is 0 Å². The van der Waals surface area contributed by atoms with Crippen LogP contribution in [0.25, 0.3) is 0 Å². The summed E-state index contributed by atoms with van der Waals surface area (Å²) in [5, 5.41) is 10.2. The number of Topliss-reactive ketones (excluding diaryl/α,β-unsaturated/α-hetero) is 1. The zero-order valence-corrected chi connectivity index (χ0v) is 20.3. The third kappa shape index (κ3) is 5.25. The number of ketones is 1. The van der Waals surface area contributed by atoms with Crippen LogP contribution in [0.4, 0.5) is 4.79 Å². The number of β-amino-alcohol motifs (C(OH)–C–C–N with tert-alkyl or cyclic N) is 1. The van der Waals surface area contributed by atoms with Gasteiger partial charge in [-0.2, -0.15) is 4.31 Å². The first-order valence-electron chi connectivity index (χ1n) is 11.5. The Balaban J connectivity index is 1.49. The third-order valence-corrected chi connectivity index (χ3v) is 8.41. The van der Waals surface area contributed by atoms with Gasteiger partial charge in [0.1, 0.15) is 5.76 Å². The SMILES string of the molecule is Cc1ccc(S(=O)(=O)N2CC(O)C[C@H]2C(=O)C2=CC(OC(=O)N3CCN(C)CC3)=CCC2)cc1. The fourth-order valence-electron chi connectivity index (χ4n) is 4.44. The molecule has 1 unspecified atom stereocenters. The van der Waals surface area contributed by atoms with Crippen LogP contribution >= 0.6 is 0 Å². The standard InChI is InChI=1S/C24H31N3O6S/c1-17-6-8-21(9-7-17)34(31,32)27-16-19(28)15-22(27)23(29)18-4-3-5-20(14-18)33-24(30)26-12-10-25(2)11-13-26/h5-9,14,19,22,28H,3-4,10-13,15-16H2,1-2H3/t19?,22-/m0/s1. The van der Waals surface area contributed by atoms with E-state index in [1.54, 1.807) is 23.1 Å². The molecule has 3 aliphatic rings. The molecular weight excluding hydrogens is 458 g/mol. The number of aliphatic hydroxyl groups excluding tert-OH is 1. The molecule has 0 bridgehead atoms. The lowest BCUT2D eigenvalue weighted by atomic mass is 9.95. The molecule has 2 fully saturated rings. The van der Waals surface area contributed by atoms with E-state index in [1.807, 2.05) is 14.0 Å². The second-order valence-electron chi connectivity index (χ2n) is 9.13. The number of hydrogen-bond acceptors (Lipinski definition) is 7. The van der Waals surface area contributed by atoms with Crippen LogP contribution in [0.1, 0.15) is 24.8 Å². The molecule has 0 saturated carbocycles. The minimum Gasteiger partial charge on any atom is -0.411 e. The highest BCUT2D eigenvalue weighted by Crippen LogP contribution is 2.31. The molecule has 9 nitrogen and oxygen atoms in total. The number of nitrogens with zero attached hydrogens (tertiary/aromatic N) is 3. The second-order valence-corrected chi connectivity index (χ2v) is 11.0. The van der Waals surface area contributed by atoms with E-state index in [4.69, 9.17) is 4.74 Å². The molecule has 0 aromatic heterocycles. The quantitative estimate of drug-likeness (QED) is 0.670. The number of rotatable bonds is 5. The minimum atomic E-state index is -3.96. The largest absolute Gasteiger partial charge is 0.415 e. The molecule has 4 rings (SSSR count). The first-order chi connectivity index (χ1) is 16.1. The number of allylic oxidation sites excluding steroid dienone is 2. The molecule has 2 heterocycles. The van der Waals surface area contributed by atoms with Crippen LogP contribution in [-0.2, 0) is 19.6 Å². The molecule has 1 aromatic rings. The van der Waals surface area contributed by atoms with Crippen molar-refractivity contribution in [1.29, 1.82) is 0 Å². The minimum absolute atomic E-state index is 0.0292. The number of likely N-dealkylation sites (N-methyl/N-ethyl adjacent to an activating group) is 1. The number of aliphatic hydroxyl groups is 1. The molecule has 1 aromatic carbocycles. The topological polar surface area (TPSA) is 107 Å². The number of benzene rings is 1. The Hall–Kier alpha value is -2.53. The van der Waals surface area contributed by atoms with Gasteiger partial charge in [0.05, 0.1) is 17.0 Å². The highest BCUT2D eigenvalue weighted by molar-refractivity contribution is 7.89. The highest BCUT2D eigenvalue weighted by Gasteiger charge is 2.44. The number of carbonyl (C=O) groups is 2. The zero-order chi connectivity index (χ0) is 24.5. The van der Waals surface area contributed by atoms with Gasteiger partial charge in [0.2, 0.25) is 10.0 Å². The molecule has 2 saturated heterocycles. The molecule has 0 radical (unpaired) electrons. The molecular formula is C24H31N3O6S. The van der Waals surface area contributed by atoms with Crippen molar-refractivity contribution in [2.45, 2.75) is 43.2 Å². The van der Waals surface area contributed by atoms with Gasteiger partial charge < -0.3 is 19.6 Å². The van der Waals surface area contributed by atoms with Crippen LogP contribution in [0.2, 0.25) is 0 Å². The van der Waals surface area contributed by atoms with Gasteiger partial charge >= 0.3 is 6.09 Å². The number of ether oxygens (including phenoxy) is 1. The first-order valence-corrected chi connectivity index (χ1v) is 13.0. The van der Waals surface area contributed by atoms with Crippen LogP contribution in [0.15, 0.2) is 52.6 Å². The second kappa shape index (κ2) is 9.99. The fraction of sp³-hybridized carbons (Fsp3) is 0.500. The zero-order valence-electron chi connectivity index (χ0n) is 19.5. The van der Waals surface area contributed by atoms with E-state index in [1.165, 1.54) is 18.2 Å². The van der Waals surface area contributed by atoms with Gasteiger partial charge in [-0.05, 0) is 57.5 Å². The molecule has 2 aliphatic heterocycles. The number of sulfonamides is 1. The molecule has 1 amide bonds. The van der Waals surface area contributed by atoms with E-state index in [0.717, 1.165) is 23.0 Å². The summed E-state index contributed by atoms with van der Waals surface area (Å²) in [6.45, 7) is 4.40. The Morgan fingerprint density at radius 1 is 1.09 bits per heavy atom. The lowest BCUT2D eigenvalue weighted by Crippen LogP contribution is -2.47. The van der Waals surface area contributed by atoms with Gasteiger partial charge in [-0.25, -0.2) is 13.2 Å². The van der Waals surface area contributed by atoms with Crippen LogP contribution in [0, 0.1) is 6.92 Å². The van der Waals surface area contributed by atoms with Gasteiger partial charge in [0, 0.05) is 38.3 Å². The Labute approximate surface area is 200 Å². The Bertz CT molecular complexity index is 1100. The van der Waals surface area contributed by atoms with Crippen LogP contribution in [-0.4, -0.2) is 91.4 Å². The Morgan fingerprint density at radius 3 is 2.44 bits per heavy atom. The third-order valence-electron chi connectivity index (χ3n) is 6.52. The van der Waals surface area contributed by atoms with Gasteiger partial charge in [0.25, 0.3) is 0 Å². The average Bonchev–Trinajstić information content (AvgIpc) is 3.22. The van der Waals surface area contributed by atoms with Gasteiger partial charge in [-0.1, -0.05) is 17.7 Å². The molecule has 1 aliphatic carbocycles. The summed E-state index contributed by atoms with van der Waals surface area (Å²) in [6, 6.07) is 5.42. The van der Waals surface area contributed by atoms with Gasteiger partial charge in [-0.3, -0.25) is 4.79 Å². The van der Waals surface area contributed by atoms with E-state index in [-0.39, 0.29) is 23.6 Å². The number of aryl methyl sites for hydroxylation is 1. The van der Waals surface area contributed by atoms with E-state index in [2.05, 4.69) is 4.90 Å². The van der Waals surface area contributed by atoms with E-state index < -0.39 is 28.3 Å². The predicted molar refractivity (Wildman–Crippen MR) is 125 cm³/mol. The van der Waals surface area contributed by atoms with Crippen molar-refractivity contribution in [2.75, 3.05) is 39.8 Å². The van der Waals surface area contributed by atoms with Crippen LogP contribution < -0.4 is 0 Å². The molecule has 2 atom stereocenters. The maximum atomic E-state index is 13.4. The van der Waals surface area contributed by atoms with E-state index in [9.17, 15) is 23.1 Å². The maximum Gasteiger partial charge on any atom is 0.415 e. The van der Waals surface area contributed by atoms with Crippen molar-refractivity contribution in [3.8, 4) is 0 Å². The lowest BCUT2D eigenvalue weighted by molar-refractivity contribution is -0.118. The summed E-state index contributed by atoms with van der Waals surface area (Å²) in [4.78, 5) is 29.8. The molecule has 1 N–H and O–H groups in total. The molecule has 10 heteroatoms.